The van der Waals surface area contributed by atoms with Crippen LogP contribution < -0.4 is 4.90 Å². The number of likely N-dealkylation sites (N-methyl/N-ethyl adjacent to an activating group) is 1. The lowest BCUT2D eigenvalue weighted by molar-refractivity contribution is -0.151. The van der Waals surface area contributed by atoms with Crippen LogP contribution in [0.25, 0.3) is 6.08 Å². The first-order valence-corrected chi connectivity index (χ1v) is 16.1. The molecule has 4 aliphatic heterocycles. The molecule has 1 N–H and O–H groups in total. The molecule has 1 aromatic rings. The number of halogens is 1. The van der Waals surface area contributed by atoms with E-state index in [1.165, 1.54) is 6.07 Å². The van der Waals surface area contributed by atoms with Crippen LogP contribution in [0, 0.1) is 17.7 Å². The van der Waals surface area contributed by atoms with Gasteiger partial charge in [0.15, 0.2) is 0 Å². The number of carbonyl (C=O) groups excluding carboxylic acids is 2. The molecule has 5 rings (SSSR count). The SMILES string of the molecule is C/C(=C\c1cc(F)cc(N2CC3CCC(C2)O3)c1)[C@H]1OC(=O)C[C@H](O)CC[C@H](C)[C@@H](OC(=O)N2CCN(C)CC2)/C=C/[C@@H]1C. The van der Waals surface area contributed by atoms with Gasteiger partial charge in [0.05, 0.1) is 24.7 Å². The van der Waals surface area contributed by atoms with Crippen LogP contribution in [-0.4, -0.2) is 104 Å². The van der Waals surface area contributed by atoms with Crippen molar-refractivity contribution < 1.29 is 33.3 Å². The van der Waals surface area contributed by atoms with E-state index in [-0.39, 0.29) is 42.4 Å². The number of nitrogens with zero attached hydrogens (tertiary/aromatic N) is 3. The van der Waals surface area contributed by atoms with Crippen molar-refractivity contribution in [1.29, 1.82) is 0 Å². The van der Waals surface area contributed by atoms with Gasteiger partial charge in [-0.2, -0.15) is 0 Å². The topological polar surface area (TPSA) is 91.8 Å². The average molecular weight is 614 g/mol. The van der Waals surface area contributed by atoms with Crippen molar-refractivity contribution in [2.75, 3.05) is 51.2 Å². The summed E-state index contributed by atoms with van der Waals surface area (Å²) in [5.74, 6) is -1.14. The van der Waals surface area contributed by atoms with Crippen LogP contribution in [0.1, 0.15) is 58.4 Å². The van der Waals surface area contributed by atoms with Gasteiger partial charge < -0.3 is 34.0 Å². The summed E-state index contributed by atoms with van der Waals surface area (Å²) in [6.45, 7) is 10.1. The maximum Gasteiger partial charge on any atom is 0.410 e. The number of cyclic esters (lactones) is 1. The summed E-state index contributed by atoms with van der Waals surface area (Å²) < 4.78 is 32.8. The number of amides is 1. The van der Waals surface area contributed by atoms with Gasteiger partial charge in [0, 0.05) is 50.9 Å². The van der Waals surface area contributed by atoms with E-state index in [2.05, 4.69) is 9.80 Å². The lowest BCUT2D eigenvalue weighted by atomic mass is 9.91. The summed E-state index contributed by atoms with van der Waals surface area (Å²) in [4.78, 5) is 32.1. The van der Waals surface area contributed by atoms with Gasteiger partial charge in [-0.05, 0) is 81.0 Å². The van der Waals surface area contributed by atoms with Crippen LogP contribution in [0.15, 0.2) is 35.9 Å². The molecule has 0 aliphatic carbocycles. The lowest BCUT2D eigenvalue weighted by Crippen LogP contribution is -2.48. The van der Waals surface area contributed by atoms with Crippen molar-refractivity contribution in [3.05, 3.63) is 47.3 Å². The first kappa shape index (κ1) is 32.4. The van der Waals surface area contributed by atoms with Crippen molar-refractivity contribution in [1.82, 2.24) is 9.80 Å². The number of carbonyl (C=O) groups is 2. The Labute approximate surface area is 260 Å². The first-order chi connectivity index (χ1) is 21.0. The maximum atomic E-state index is 14.8. The largest absolute Gasteiger partial charge is 0.457 e. The highest BCUT2D eigenvalue weighted by atomic mass is 19.1. The smallest absolute Gasteiger partial charge is 0.410 e. The van der Waals surface area contributed by atoms with E-state index in [0.29, 0.717) is 31.5 Å². The van der Waals surface area contributed by atoms with Crippen LogP contribution in [0.5, 0.6) is 0 Å². The number of aliphatic hydroxyl groups excluding tert-OH is 1. The Bertz CT molecular complexity index is 1220. The molecule has 0 radical (unpaired) electrons. The van der Waals surface area contributed by atoms with Gasteiger partial charge >= 0.3 is 12.1 Å². The van der Waals surface area contributed by atoms with Gasteiger partial charge in [-0.15, -0.1) is 0 Å². The van der Waals surface area contributed by atoms with Crippen molar-refractivity contribution in [3.8, 4) is 0 Å². The minimum absolute atomic E-state index is 0.0591. The minimum Gasteiger partial charge on any atom is -0.457 e. The molecule has 2 unspecified atom stereocenters. The molecule has 3 saturated heterocycles. The van der Waals surface area contributed by atoms with Gasteiger partial charge in [-0.25, -0.2) is 9.18 Å². The summed E-state index contributed by atoms with van der Waals surface area (Å²) in [7, 11) is 2.03. The van der Waals surface area contributed by atoms with Crippen LogP contribution in [0.3, 0.4) is 0 Å². The molecule has 9 nitrogen and oxygen atoms in total. The number of anilines is 1. The Hall–Kier alpha value is -2.95. The van der Waals surface area contributed by atoms with E-state index >= 15 is 0 Å². The second-order valence-electron chi connectivity index (χ2n) is 13.2. The number of morpholine rings is 1. The van der Waals surface area contributed by atoms with E-state index in [9.17, 15) is 19.1 Å². The Morgan fingerprint density at radius 2 is 1.73 bits per heavy atom. The Kier molecular flexibility index (Phi) is 10.6. The van der Waals surface area contributed by atoms with E-state index < -0.39 is 24.3 Å². The van der Waals surface area contributed by atoms with Gasteiger partial charge in [-0.1, -0.05) is 26.0 Å². The lowest BCUT2D eigenvalue weighted by Gasteiger charge is -2.34. The van der Waals surface area contributed by atoms with E-state index in [1.807, 2.05) is 52.1 Å². The van der Waals surface area contributed by atoms with Gasteiger partial charge in [0.2, 0.25) is 0 Å². The second kappa shape index (κ2) is 14.4. The number of aliphatic hydroxyl groups is 1. The predicted octanol–water partition coefficient (Wildman–Crippen LogP) is 4.63. The number of benzene rings is 1. The van der Waals surface area contributed by atoms with Crippen molar-refractivity contribution in [2.24, 2.45) is 11.8 Å². The third kappa shape index (κ3) is 8.40. The van der Waals surface area contributed by atoms with Crippen molar-refractivity contribution in [3.63, 3.8) is 0 Å². The van der Waals surface area contributed by atoms with Crippen LogP contribution in [-0.2, 0) is 19.0 Å². The molecular weight excluding hydrogens is 565 g/mol. The summed E-state index contributed by atoms with van der Waals surface area (Å²) in [5, 5.41) is 10.6. The Morgan fingerprint density at radius 1 is 1.02 bits per heavy atom. The molecule has 44 heavy (non-hydrogen) atoms. The summed E-state index contributed by atoms with van der Waals surface area (Å²) in [5.41, 5.74) is 2.25. The molecule has 1 amide bonds. The van der Waals surface area contributed by atoms with Gasteiger partial charge in [0.1, 0.15) is 18.0 Å². The van der Waals surface area contributed by atoms with E-state index in [0.717, 1.165) is 50.3 Å². The fourth-order valence-corrected chi connectivity index (χ4v) is 6.66. The second-order valence-corrected chi connectivity index (χ2v) is 13.2. The quantitative estimate of drug-likeness (QED) is 0.388. The number of rotatable bonds is 4. The molecule has 0 spiro atoms. The number of ether oxygens (including phenoxy) is 3. The molecule has 0 aromatic heterocycles. The van der Waals surface area contributed by atoms with Gasteiger partial charge in [0.25, 0.3) is 0 Å². The highest BCUT2D eigenvalue weighted by Crippen LogP contribution is 2.32. The Balaban J connectivity index is 1.35. The molecular formula is C34H48FN3O6. The molecule has 4 aliphatic rings. The molecule has 1 aromatic carbocycles. The number of piperazine rings is 1. The molecule has 242 valence electrons. The Morgan fingerprint density at radius 3 is 2.43 bits per heavy atom. The highest BCUT2D eigenvalue weighted by Gasteiger charge is 2.34. The summed E-state index contributed by atoms with van der Waals surface area (Å²) in [6, 6.07) is 5.01. The number of fused-ring (bicyclic) bond motifs is 2. The third-order valence-corrected chi connectivity index (χ3v) is 9.41. The predicted molar refractivity (Wildman–Crippen MR) is 167 cm³/mol. The van der Waals surface area contributed by atoms with Gasteiger partial charge in [-0.3, -0.25) is 4.79 Å². The van der Waals surface area contributed by atoms with Crippen molar-refractivity contribution in [2.45, 2.75) is 83.4 Å². The summed E-state index contributed by atoms with van der Waals surface area (Å²) >= 11 is 0. The first-order valence-electron chi connectivity index (χ1n) is 16.1. The number of hydrogen-bond acceptors (Lipinski definition) is 8. The number of esters is 1. The minimum atomic E-state index is -0.864. The molecule has 0 saturated carbocycles. The van der Waals surface area contributed by atoms with Crippen molar-refractivity contribution >= 4 is 23.8 Å². The zero-order chi connectivity index (χ0) is 31.4. The third-order valence-electron chi connectivity index (χ3n) is 9.41. The van der Waals surface area contributed by atoms with Crippen LogP contribution in [0.2, 0.25) is 0 Å². The summed E-state index contributed by atoms with van der Waals surface area (Å²) in [6.07, 6.45) is 6.62. The average Bonchev–Trinajstić information content (AvgIpc) is 3.32. The van der Waals surface area contributed by atoms with E-state index in [1.54, 1.807) is 11.0 Å². The molecule has 4 heterocycles. The monoisotopic (exact) mass is 613 g/mol. The number of hydrogen-bond donors (Lipinski definition) is 1. The zero-order valence-corrected chi connectivity index (χ0v) is 26.5. The fourth-order valence-electron chi connectivity index (χ4n) is 6.66. The fraction of sp³-hybridized carbons (Fsp3) is 0.647. The maximum absolute atomic E-state index is 14.8. The molecule has 7 atom stereocenters. The van der Waals surface area contributed by atoms with Crippen LogP contribution >= 0.6 is 0 Å². The standard InChI is InChI=1S/C34H48FN3O6/c1-22-5-7-28(39)19-32(40)44-33(23(2)6-10-31(22)43-34(41)37-13-11-36(4)12-14-37)24(3)15-25-16-26(35)18-27(17-25)38-20-29-8-9-30(21-38)42-29/h6,10,15-18,22-23,28-31,33,39H,5,7-9,11-14,19-21H2,1-4H3/b10-6+,24-15+/t22-,23-,28+,29?,30?,31-,33-/m0/s1. The molecule has 3 fully saturated rings. The molecule has 2 bridgehead atoms. The van der Waals surface area contributed by atoms with Crippen LogP contribution in [0.4, 0.5) is 14.9 Å². The molecule has 10 heteroatoms. The normalized spacial score (nSPS) is 33.3. The zero-order valence-electron chi connectivity index (χ0n) is 26.5. The highest BCUT2D eigenvalue weighted by molar-refractivity contribution is 5.71. The van der Waals surface area contributed by atoms with E-state index in [4.69, 9.17) is 14.2 Å².